The van der Waals surface area contributed by atoms with Gasteiger partial charge in [0, 0.05) is 4.47 Å². The van der Waals surface area contributed by atoms with Crippen molar-refractivity contribution in [2.24, 2.45) is 0 Å². The molecular formula is C12H11BrO. The first-order valence-corrected chi connectivity index (χ1v) is 5.41. The Morgan fingerprint density at radius 3 is 2.86 bits per heavy atom. The van der Waals surface area contributed by atoms with E-state index < -0.39 is 0 Å². The van der Waals surface area contributed by atoms with Crippen molar-refractivity contribution < 1.29 is 4.74 Å². The molecule has 0 radical (unpaired) electrons. The lowest BCUT2D eigenvalue weighted by molar-refractivity contribution is 0.340. The van der Waals surface area contributed by atoms with Crippen LogP contribution in [0.3, 0.4) is 0 Å². The van der Waals surface area contributed by atoms with Gasteiger partial charge in [-0.05, 0) is 35.9 Å². The Bertz CT molecular complexity index is 451. The highest BCUT2D eigenvalue weighted by molar-refractivity contribution is 9.10. The molecule has 1 nitrogen and oxygen atoms in total. The molecule has 0 amide bonds. The zero-order chi connectivity index (χ0) is 9.97. The predicted octanol–water partition coefficient (Wildman–Crippen LogP) is 4.00. The lowest BCUT2D eigenvalue weighted by Gasteiger charge is -2.05. The quantitative estimate of drug-likeness (QED) is 0.783. The third kappa shape index (κ3) is 1.75. The third-order valence-electron chi connectivity index (χ3n) is 2.11. The molecule has 0 aliphatic rings. The van der Waals surface area contributed by atoms with Crippen molar-refractivity contribution in [3.8, 4) is 5.75 Å². The molecule has 0 bridgehead atoms. The van der Waals surface area contributed by atoms with Gasteiger partial charge in [0.2, 0.25) is 0 Å². The minimum Gasteiger partial charge on any atom is -0.494 e. The van der Waals surface area contributed by atoms with E-state index in [9.17, 15) is 0 Å². The van der Waals surface area contributed by atoms with Gasteiger partial charge in [0.1, 0.15) is 5.75 Å². The van der Waals surface area contributed by atoms with Gasteiger partial charge in [0.05, 0.1) is 6.61 Å². The third-order valence-corrected chi connectivity index (χ3v) is 2.80. The van der Waals surface area contributed by atoms with Gasteiger partial charge in [-0.2, -0.15) is 0 Å². The Morgan fingerprint density at radius 1 is 1.21 bits per heavy atom. The minimum absolute atomic E-state index is 0.704. The zero-order valence-electron chi connectivity index (χ0n) is 7.96. The minimum atomic E-state index is 0.704. The van der Waals surface area contributed by atoms with Crippen molar-refractivity contribution in [3.63, 3.8) is 0 Å². The van der Waals surface area contributed by atoms with Crippen LogP contribution < -0.4 is 4.74 Å². The van der Waals surface area contributed by atoms with E-state index in [1.54, 1.807) is 0 Å². The summed E-state index contributed by atoms with van der Waals surface area (Å²) >= 11 is 3.53. The molecule has 2 aromatic rings. The van der Waals surface area contributed by atoms with Crippen molar-refractivity contribution in [2.75, 3.05) is 6.61 Å². The standard InChI is InChI=1S/C12H11BrO/c1-2-14-10-7-6-9-4-3-5-12(13)11(9)8-10/h3-8H,2H2,1H3. The van der Waals surface area contributed by atoms with Gasteiger partial charge < -0.3 is 4.74 Å². The van der Waals surface area contributed by atoms with Crippen molar-refractivity contribution in [3.05, 3.63) is 40.9 Å². The molecule has 0 saturated heterocycles. The van der Waals surface area contributed by atoms with Crippen LogP contribution in [0.1, 0.15) is 6.92 Å². The Morgan fingerprint density at radius 2 is 2.07 bits per heavy atom. The molecule has 0 fully saturated rings. The summed E-state index contributed by atoms with van der Waals surface area (Å²) in [4.78, 5) is 0. The van der Waals surface area contributed by atoms with Crippen LogP contribution in [0.4, 0.5) is 0 Å². The summed E-state index contributed by atoms with van der Waals surface area (Å²) < 4.78 is 6.56. The summed E-state index contributed by atoms with van der Waals surface area (Å²) in [6, 6.07) is 12.3. The van der Waals surface area contributed by atoms with E-state index in [2.05, 4.69) is 34.1 Å². The highest BCUT2D eigenvalue weighted by Crippen LogP contribution is 2.27. The number of ether oxygens (including phenoxy) is 1. The van der Waals surface area contributed by atoms with E-state index in [1.165, 1.54) is 10.8 Å². The van der Waals surface area contributed by atoms with Gasteiger partial charge in [-0.25, -0.2) is 0 Å². The highest BCUT2D eigenvalue weighted by atomic mass is 79.9. The van der Waals surface area contributed by atoms with Crippen LogP contribution in [-0.4, -0.2) is 6.61 Å². The summed E-state index contributed by atoms with van der Waals surface area (Å²) in [6.07, 6.45) is 0. The first-order chi connectivity index (χ1) is 6.81. The number of fused-ring (bicyclic) bond motifs is 1. The monoisotopic (exact) mass is 250 g/mol. The molecule has 2 aromatic carbocycles. The maximum atomic E-state index is 5.45. The van der Waals surface area contributed by atoms with Crippen LogP contribution in [0, 0.1) is 0 Å². The Balaban J connectivity index is 2.58. The normalized spacial score (nSPS) is 10.4. The van der Waals surface area contributed by atoms with Crippen molar-refractivity contribution in [1.29, 1.82) is 0 Å². The number of hydrogen-bond donors (Lipinski definition) is 0. The van der Waals surface area contributed by atoms with Crippen LogP contribution >= 0.6 is 15.9 Å². The smallest absolute Gasteiger partial charge is 0.119 e. The molecule has 72 valence electrons. The maximum absolute atomic E-state index is 5.45. The molecule has 14 heavy (non-hydrogen) atoms. The van der Waals surface area contributed by atoms with Gasteiger partial charge in [0.25, 0.3) is 0 Å². The predicted molar refractivity (Wildman–Crippen MR) is 62.8 cm³/mol. The molecule has 0 saturated carbocycles. The van der Waals surface area contributed by atoms with E-state index >= 15 is 0 Å². The molecule has 0 aliphatic carbocycles. The maximum Gasteiger partial charge on any atom is 0.119 e. The van der Waals surface area contributed by atoms with E-state index in [0.717, 1.165) is 10.2 Å². The summed E-state index contributed by atoms with van der Waals surface area (Å²) in [5.74, 6) is 0.923. The second-order valence-electron chi connectivity index (χ2n) is 3.06. The largest absolute Gasteiger partial charge is 0.494 e. The van der Waals surface area contributed by atoms with Crippen molar-refractivity contribution >= 4 is 26.7 Å². The molecular weight excluding hydrogens is 240 g/mol. The van der Waals surface area contributed by atoms with Crippen LogP contribution in [0.5, 0.6) is 5.75 Å². The fourth-order valence-corrected chi connectivity index (χ4v) is 1.97. The number of benzene rings is 2. The Hall–Kier alpha value is -1.02. The number of halogens is 1. The topological polar surface area (TPSA) is 9.23 Å². The van der Waals surface area contributed by atoms with E-state index in [-0.39, 0.29) is 0 Å². The summed E-state index contributed by atoms with van der Waals surface area (Å²) in [7, 11) is 0. The fraction of sp³-hybridized carbons (Fsp3) is 0.167. The molecule has 0 N–H and O–H groups in total. The van der Waals surface area contributed by atoms with Crippen LogP contribution in [-0.2, 0) is 0 Å². The number of hydrogen-bond acceptors (Lipinski definition) is 1. The van der Waals surface area contributed by atoms with Crippen LogP contribution in [0.2, 0.25) is 0 Å². The molecule has 2 heteroatoms. The first kappa shape index (κ1) is 9.53. The second kappa shape index (κ2) is 4.01. The van der Waals surface area contributed by atoms with Gasteiger partial charge in [-0.3, -0.25) is 0 Å². The summed E-state index contributed by atoms with van der Waals surface area (Å²) in [5.41, 5.74) is 0. The van der Waals surface area contributed by atoms with Crippen LogP contribution in [0.15, 0.2) is 40.9 Å². The molecule has 2 rings (SSSR count). The molecule has 0 aliphatic heterocycles. The van der Waals surface area contributed by atoms with Crippen LogP contribution in [0.25, 0.3) is 10.8 Å². The molecule has 0 aromatic heterocycles. The summed E-state index contributed by atoms with van der Waals surface area (Å²) in [6.45, 7) is 2.69. The van der Waals surface area contributed by atoms with Crippen molar-refractivity contribution in [2.45, 2.75) is 6.92 Å². The molecule has 0 heterocycles. The van der Waals surface area contributed by atoms with Gasteiger partial charge in [-0.15, -0.1) is 0 Å². The summed E-state index contributed by atoms with van der Waals surface area (Å²) in [5, 5.41) is 2.42. The Kier molecular flexibility index (Phi) is 2.73. The van der Waals surface area contributed by atoms with E-state index in [0.29, 0.717) is 6.61 Å². The van der Waals surface area contributed by atoms with Gasteiger partial charge in [-0.1, -0.05) is 34.1 Å². The second-order valence-corrected chi connectivity index (χ2v) is 3.91. The molecule has 0 atom stereocenters. The molecule has 0 spiro atoms. The zero-order valence-corrected chi connectivity index (χ0v) is 9.54. The first-order valence-electron chi connectivity index (χ1n) is 4.62. The van der Waals surface area contributed by atoms with E-state index in [4.69, 9.17) is 4.74 Å². The molecule has 0 unspecified atom stereocenters. The van der Waals surface area contributed by atoms with E-state index in [1.807, 2.05) is 25.1 Å². The lowest BCUT2D eigenvalue weighted by Crippen LogP contribution is -1.90. The SMILES string of the molecule is CCOc1ccc2cccc(Br)c2c1. The number of rotatable bonds is 2. The fourth-order valence-electron chi connectivity index (χ4n) is 1.47. The van der Waals surface area contributed by atoms with Gasteiger partial charge in [0.15, 0.2) is 0 Å². The average molecular weight is 251 g/mol. The average Bonchev–Trinajstić information content (AvgIpc) is 2.20. The van der Waals surface area contributed by atoms with Crippen molar-refractivity contribution in [1.82, 2.24) is 0 Å². The Labute approximate surface area is 91.8 Å². The highest BCUT2D eigenvalue weighted by Gasteiger charge is 1.99. The van der Waals surface area contributed by atoms with Gasteiger partial charge >= 0.3 is 0 Å². The lowest BCUT2D eigenvalue weighted by atomic mass is 10.1.